The highest BCUT2D eigenvalue weighted by molar-refractivity contribution is 7.07. The van der Waals surface area contributed by atoms with Crippen LogP contribution in [0, 0.1) is 0 Å². The summed E-state index contributed by atoms with van der Waals surface area (Å²) in [7, 11) is 1.26. The van der Waals surface area contributed by atoms with E-state index in [0.717, 1.165) is 11.3 Å². The van der Waals surface area contributed by atoms with E-state index in [1.54, 1.807) is 69.3 Å². The molecule has 12 heteroatoms. The van der Waals surface area contributed by atoms with E-state index in [4.69, 9.17) is 18.9 Å². The van der Waals surface area contributed by atoms with Crippen molar-refractivity contribution in [1.29, 1.82) is 0 Å². The van der Waals surface area contributed by atoms with E-state index >= 15 is 0 Å². The summed E-state index contributed by atoms with van der Waals surface area (Å²) in [6, 6.07) is 10.9. The molecular formula is C30H30N2O9S. The van der Waals surface area contributed by atoms with E-state index in [-0.39, 0.29) is 24.3 Å². The Morgan fingerprint density at radius 2 is 1.83 bits per heavy atom. The fraction of sp³-hybridized carbons (Fsp3) is 0.300. The smallest absolute Gasteiger partial charge is 0.343 e. The molecule has 0 bridgehead atoms. The summed E-state index contributed by atoms with van der Waals surface area (Å²) in [4.78, 5) is 55.1. The van der Waals surface area contributed by atoms with Gasteiger partial charge in [0.2, 0.25) is 0 Å². The van der Waals surface area contributed by atoms with Crippen LogP contribution in [-0.2, 0) is 23.9 Å². The van der Waals surface area contributed by atoms with Gasteiger partial charge in [0.25, 0.3) is 5.56 Å². The first-order valence-corrected chi connectivity index (χ1v) is 13.9. The summed E-state index contributed by atoms with van der Waals surface area (Å²) in [6.07, 6.45) is 1.67. The zero-order valence-corrected chi connectivity index (χ0v) is 24.6. The normalized spacial score (nSPS) is 14.5. The third-order valence-electron chi connectivity index (χ3n) is 6.09. The first-order valence-electron chi connectivity index (χ1n) is 13.1. The second-order valence-corrected chi connectivity index (χ2v) is 9.98. The summed E-state index contributed by atoms with van der Waals surface area (Å²) >= 11 is 1.16. The lowest BCUT2D eigenvalue weighted by Crippen LogP contribution is -2.40. The highest BCUT2D eigenvalue weighted by atomic mass is 32.1. The van der Waals surface area contributed by atoms with Crippen molar-refractivity contribution in [3.63, 3.8) is 0 Å². The first-order chi connectivity index (χ1) is 20.2. The minimum Gasteiger partial charge on any atom is -0.490 e. The van der Waals surface area contributed by atoms with Crippen LogP contribution in [0.25, 0.3) is 6.08 Å². The van der Waals surface area contributed by atoms with Crippen LogP contribution in [-0.4, -0.2) is 49.4 Å². The number of esters is 3. The van der Waals surface area contributed by atoms with Gasteiger partial charge in [-0.2, -0.15) is 0 Å². The molecule has 11 nitrogen and oxygen atoms in total. The molecule has 220 valence electrons. The van der Waals surface area contributed by atoms with Crippen LogP contribution in [0.5, 0.6) is 17.2 Å². The van der Waals surface area contributed by atoms with Crippen LogP contribution in [0.2, 0.25) is 0 Å². The number of hydrogen-bond acceptors (Lipinski definition) is 11. The van der Waals surface area contributed by atoms with Gasteiger partial charge < -0.3 is 23.7 Å². The van der Waals surface area contributed by atoms with Gasteiger partial charge in [0, 0.05) is 6.92 Å². The maximum absolute atomic E-state index is 13.9. The van der Waals surface area contributed by atoms with E-state index in [0.29, 0.717) is 50.0 Å². The van der Waals surface area contributed by atoms with Gasteiger partial charge in [-0.05, 0) is 62.2 Å². The molecule has 4 rings (SSSR count). The SMILES string of the molecule is CCOC(=O)C1=C(C)N=c2s/c(=C/c3cccc(OC(C)=O)c3)c(=O)n2[C@H]1c1ccc(OCC(=O)OC)c(OCC)c1. The van der Waals surface area contributed by atoms with Gasteiger partial charge in [-0.3, -0.25) is 14.2 Å². The number of aromatic nitrogens is 1. The number of allylic oxidation sites excluding steroid dienone is 1. The summed E-state index contributed by atoms with van der Waals surface area (Å²) in [5.74, 6) is -0.654. The standard InChI is InChI=1S/C30H30N2O9S/c1-6-38-23-15-20(11-12-22(23)40-16-25(34)37-5)27-26(29(36)39-7-2)17(3)31-30-32(27)28(35)24(42-30)14-19-9-8-10-21(13-19)41-18(4)33/h8-15,27H,6-7,16H2,1-5H3/b24-14+/t27-/m0/s1. The lowest BCUT2D eigenvalue weighted by molar-refractivity contribution is -0.143. The van der Waals surface area contributed by atoms with Crippen LogP contribution < -0.4 is 29.1 Å². The van der Waals surface area contributed by atoms with Crippen molar-refractivity contribution in [3.8, 4) is 17.2 Å². The third-order valence-corrected chi connectivity index (χ3v) is 7.07. The number of benzene rings is 2. The molecule has 0 saturated carbocycles. The molecular weight excluding hydrogens is 564 g/mol. The minimum absolute atomic E-state index is 0.135. The lowest BCUT2D eigenvalue weighted by atomic mass is 9.95. The molecule has 1 aromatic heterocycles. The van der Waals surface area contributed by atoms with Crippen molar-refractivity contribution >= 4 is 35.3 Å². The molecule has 3 aromatic rings. The fourth-order valence-electron chi connectivity index (χ4n) is 4.37. The molecule has 0 unspecified atom stereocenters. The number of nitrogens with zero attached hydrogens (tertiary/aromatic N) is 2. The Bertz CT molecular complexity index is 1740. The maximum Gasteiger partial charge on any atom is 0.343 e. The summed E-state index contributed by atoms with van der Waals surface area (Å²) in [5.41, 5.74) is 1.43. The van der Waals surface area contributed by atoms with Crippen LogP contribution in [0.3, 0.4) is 0 Å². The predicted octanol–water partition coefficient (Wildman–Crippen LogP) is 2.67. The van der Waals surface area contributed by atoms with Crippen molar-refractivity contribution < 1.29 is 38.1 Å². The van der Waals surface area contributed by atoms with Crippen molar-refractivity contribution in [2.45, 2.75) is 33.7 Å². The second kappa shape index (κ2) is 13.3. The van der Waals surface area contributed by atoms with E-state index in [2.05, 4.69) is 9.73 Å². The van der Waals surface area contributed by atoms with Crippen molar-refractivity contribution in [1.82, 2.24) is 4.57 Å². The Morgan fingerprint density at radius 3 is 2.52 bits per heavy atom. The van der Waals surface area contributed by atoms with Gasteiger partial charge in [-0.25, -0.2) is 14.6 Å². The summed E-state index contributed by atoms with van der Waals surface area (Å²) in [5, 5.41) is 0. The van der Waals surface area contributed by atoms with Gasteiger partial charge in [0.05, 0.1) is 42.2 Å². The van der Waals surface area contributed by atoms with Crippen LogP contribution in [0.1, 0.15) is 44.9 Å². The number of carbonyl (C=O) groups is 3. The highest BCUT2D eigenvalue weighted by Crippen LogP contribution is 2.36. The Hall–Kier alpha value is -4.71. The molecule has 2 heterocycles. The molecule has 0 amide bonds. The average molecular weight is 595 g/mol. The number of fused-ring (bicyclic) bond motifs is 1. The van der Waals surface area contributed by atoms with Gasteiger partial charge in [0.1, 0.15) is 5.75 Å². The Kier molecular flexibility index (Phi) is 9.58. The minimum atomic E-state index is -0.885. The molecule has 0 saturated heterocycles. The number of hydrogen-bond donors (Lipinski definition) is 0. The van der Waals surface area contributed by atoms with Gasteiger partial charge in [0.15, 0.2) is 22.9 Å². The largest absolute Gasteiger partial charge is 0.490 e. The zero-order chi connectivity index (χ0) is 30.4. The van der Waals surface area contributed by atoms with Crippen LogP contribution >= 0.6 is 11.3 Å². The second-order valence-electron chi connectivity index (χ2n) is 8.97. The molecule has 2 aromatic carbocycles. The molecule has 0 spiro atoms. The topological polar surface area (TPSA) is 132 Å². The molecule has 0 aliphatic carbocycles. The van der Waals surface area contributed by atoms with Crippen molar-refractivity contribution in [2.75, 3.05) is 26.9 Å². The Balaban J connectivity index is 1.88. The number of rotatable bonds is 10. The van der Waals surface area contributed by atoms with Gasteiger partial charge in [-0.1, -0.05) is 29.5 Å². The first kappa shape index (κ1) is 30.3. The summed E-state index contributed by atoms with van der Waals surface area (Å²) in [6.45, 7) is 6.60. The lowest BCUT2D eigenvalue weighted by Gasteiger charge is -2.25. The van der Waals surface area contributed by atoms with Crippen molar-refractivity contribution in [3.05, 3.63) is 84.5 Å². The van der Waals surface area contributed by atoms with E-state index in [1.165, 1.54) is 18.6 Å². The monoisotopic (exact) mass is 594 g/mol. The van der Waals surface area contributed by atoms with Gasteiger partial charge >= 0.3 is 17.9 Å². The molecule has 0 radical (unpaired) electrons. The molecule has 42 heavy (non-hydrogen) atoms. The molecule has 1 atom stereocenters. The maximum atomic E-state index is 13.9. The van der Waals surface area contributed by atoms with E-state index < -0.39 is 23.9 Å². The fourth-order valence-corrected chi connectivity index (χ4v) is 5.42. The number of thiazole rings is 1. The third kappa shape index (κ3) is 6.60. The van der Waals surface area contributed by atoms with Gasteiger partial charge in [-0.15, -0.1) is 0 Å². The number of carbonyl (C=O) groups excluding carboxylic acids is 3. The predicted molar refractivity (Wildman–Crippen MR) is 153 cm³/mol. The van der Waals surface area contributed by atoms with E-state index in [1.807, 2.05) is 0 Å². The van der Waals surface area contributed by atoms with Crippen LogP contribution in [0.4, 0.5) is 0 Å². The Morgan fingerprint density at radius 1 is 1.05 bits per heavy atom. The molecule has 1 aliphatic heterocycles. The molecule has 0 N–H and O–H groups in total. The van der Waals surface area contributed by atoms with Crippen LogP contribution in [0.15, 0.2) is 63.5 Å². The Labute approximate surface area is 245 Å². The zero-order valence-electron chi connectivity index (χ0n) is 23.8. The highest BCUT2D eigenvalue weighted by Gasteiger charge is 2.34. The molecule has 1 aliphatic rings. The van der Waals surface area contributed by atoms with E-state index in [9.17, 15) is 19.2 Å². The number of methoxy groups -OCH3 is 1. The molecule has 0 fully saturated rings. The average Bonchev–Trinajstić information content (AvgIpc) is 3.25. The number of ether oxygens (including phenoxy) is 5. The summed E-state index contributed by atoms with van der Waals surface area (Å²) < 4.78 is 28.4. The van der Waals surface area contributed by atoms with Crippen molar-refractivity contribution in [2.24, 2.45) is 4.99 Å². The quantitative estimate of drug-likeness (QED) is 0.257.